The summed E-state index contributed by atoms with van der Waals surface area (Å²) < 4.78 is 25.9. The third kappa shape index (κ3) is 4.71. The van der Waals surface area contributed by atoms with Crippen LogP contribution in [0.5, 0.6) is 0 Å². The van der Waals surface area contributed by atoms with Crippen LogP contribution in [0.4, 0.5) is 0 Å². The fourth-order valence-corrected chi connectivity index (χ4v) is 4.38. The van der Waals surface area contributed by atoms with Crippen molar-refractivity contribution in [2.75, 3.05) is 18.7 Å². The third-order valence-electron chi connectivity index (χ3n) is 4.13. The molecule has 1 aliphatic carbocycles. The molecule has 0 unspecified atom stereocenters. The summed E-state index contributed by atoms with van der Waals surface area (Å²) in [4.78, 5) is 0. The molecule has 0 amide bonds. The number of halogens is 1. The number of alkyl halides is 1. The van der Waals surface area contributed by atoms with Crippen LogP contribution < -0.4 is 0 Å². The van der Waals surface area contributed by atoms with Gasteiger partial charge in [-0.3, -0.25) is 0 Å². The van der Waals surface area contributed by atoms with Gasteiger partial charge in [-0.1, -0.05) is 13.3 Å². The van der Waals surface area contributed by atoms with Gasteiger partial charge in [0.2, 0.25) is 10.0 Å². The molecular formula is C13H26ClNO2S. The van der Waals surface area contributed by atoms with Gasteiger partial charge in [-0.25, -0.2) is 12.7 Å². The lowest BCUT2D eigenvalue weighted by molar-refractivity contribution is 0.233. The minimum atomic E-state index is -3.08. The molecule has 18 heavy (non-hydrogen) atoms. The van der Waals surface area contributed by atoms with Gasteiger partial charge in [0.05, 0.1) is 5.75 Å². The maximum Gasteiger partial charge on any atom is 0.214 e. The first-order valence-electron chi connectivity index (χ1n) is 7.03. The Hall–Kier alpha value is 0.200. The molecule has 108 valence electrons. The van der Waals surface area contributed by atoms with E-state index < -0.39 is 10.0 Å². The van der Waals surface area contributed by atoms with Crippen LogP contribution in [-0.4, -0.2) is 37.4 Å². The maximum atomic E-state index is 12.1. The molecule has 3 nitrogen and oxygen atoms in total. The second kappa shape index (κ2) is 7.71. The average molecular weight is 296 g/mol. The van der Waals surface area contributed by atoms with E-state index in [9.17, 15) is 8.42 Å². The number of hydrogen-bond acceptors (Lipinski definition) is 2. The molecule has 1 aliphatic rings. The van der Waals surface area contributed by atoms with E-state index in [1.807, 2.05) is 0 Å². The normalized spacial score (nSPS) is 25.6. The van der Waals surface area contributed by atoms with Crippen LogP contribution >= 0.6 is 11.6 Å². The zero-order chi connectivity index (χ0) is 13.6. The summed E-state index contributed by atoms with van der Waals surface area (Å²) in [6.07, 6.45) is 7.04. The van der Waals surface area contributed by atoms with E-state index in [0.717, 1.165) is 25.2 Å². The average Bonchev–Trinajstić information content (AvgIpc) is 2.38. The Morgan fingerprint density at radius 1 is 1.17 bits per heavy atom. The van der Waals surface area contributed by atoms with Crippen molar-refractivity contribution in [3.63, 3.8) is 0 Å². The van der Waals surface area contributed by atoms with Crippen LogP contribution in [0.15, 0.2) is 0 Å². The van der Waals surface area contributed by atoms with E-state index in [4.69, 9.17) is 11.6 Å². The molecule has 0 aromatic rings. The summed E-state index contributed by atoms with van der Waals surface area (Å²) in [5, 5.41) is 0. The molecule has 0 aromatic carbocycles. The molecule has 0 bridgehead atoms. The molecule has 1 saturated carbocycles. The summed E-state index contributed by atoms with van der Waals surface area (Å²) in [7, 11) is -1.34. The van der Waals surface area contributed by atoms with Gasteiger partial charge >= 0.3 is 0 Å². The van der Waals surface area contributed by atoms with Gasteiger partial charge in [-0.05, 0) is 44.4 Å². The lowest BCUT2D eigenvalue weighted by Gasteiger charge is -2.33. The van der Waals surface area contributed by atoms with Crippen molar-refractivity contribution in [2.24, 2.45) is 5.92 Å². The Morgan fingerprint density at radius 2 is 1.78 bits per heavy atom. The van der Waals surface area contributed by atoms with Crippen LogP contribution in [0.2, 0.25) is 0 Å². The summed E-state index contributed by atoms with van der Waals surface area (Å²) in [6.45, 7) is 2.22. The van der Waals surface area contributed by atoms with Crippen LogP contribution in [0, 0.1) is 5.92 Å². The Labute approximate surface area is 117 Å². The van der Waals surface area contributed by atoms with Gasteiger partial charge < -0.3 is 0 Å². The molecule has 0 heterocycles. The number of unbranched alkanes of at least 4 members (excludes halogenated alkanes) is 1. The first kappa shape index (κ1) is 16.3. The molecule has 0 saturated heterocycles. The van der Waals surface area contributed by atoms with Gasteiger partial charge in [0.25, 0.3) is 0 Å². The SMILES string of the molecule is CCC1CCC(N(C)S(=O)(=O)CCCCCl)CC1. The lowest BCUT2D eigenvalue weighted by atomic mass is 9.85. The van der Waals surface area contributed by atoms with Gasteiger partial charge in [0, 0.05) is 19.0 Å². The maximum absolute atomic E-state index is 12.1. The Balaban J connectivity index is 2.45. The largest absolute Gasteiger partial charge is 0.214 e. The van der Waals surface area contributed by atoms with Crippen molar-refractivity contribution >= 4 is 21.6 Å². The van der Waals surface area contributed by atoms with Crippen LogP contribution in [-0.2, 0) is 10.0 Å². The van der Waals surface area contributed by atoms with Gasteiger partial charge in [-0.15, -0.1) is 11.6 Å². The van der Waals surface area contributed by atoms with Crippen molar-refractivity contribution in [1.29, 1.82) is 0 Å². The van der Waals surface area contributed by atoms with Crippen molar-refractivity contribution in [2.45, 2.75) is 57.9 Å². The molecule has 0 spiro atoms. The second-order valence-electron chi connectivity index (χ2n) is 5.31. The zero-order valence-corrected chi connectivity index (χ0v) is 13.1. The number of sulfonamides is 1. The van der Waals surface area contributed by atoms with Gasteiger partial charge in [0.1, 0.15) is 0 Å². The summed E-state index contributed by atoms with van der Waals surface area (Å²) in [5.74, 6) is 1.58. The highest BCUT2D eigenvalue weighted by Gasteiger charge is 2.29. The van der Waals surface area contributed by atoms with Crippen LogP contribution in [0.3, 0.4) is 0 Å². The minimum absolute atomic E-state index is 0.216. The molecule has 0 aliphatic heterocycles. The van der Waals surface area contributed by atoms with Crippen molar-refractivity contribution < 1.29 is 8.42 Å². The molecule has 1 fully saturated rings. The molecular weight excluding hydrogens is 270 g/mol. The smallest absolute Gasteiger partial charge is 0.212 e. The molecule has 0 radical (unpaired) electrons. The highest BCUT2D eigenvalue weighted by Crippen LogP contribution is 2.30. The lowest BCUT2D eigenvalue weighted by Crippen LogP contribution is -2.40. The summed E-state index contributed by atoms with van der Waals surface area (Å²) in [5.41, 5.74) is 0. The Bertz CT molecular complexity index is 324. The molecule has 0 N–H and O–H groups in total. The predicted octanol–water partition coefficient (Wildman–Crippen LogP) is 3.24. The van der Waals surface area contributed by atoms with Gasteiger partial charge in [0.15, 0.2) is 0 Å². The van der Waals surface area contributed by atoms with E-state index in [-0.39, 0.29) is 11.8 Å². The highest BCUT2D eigenvalue weighted by atomic mass is 35.5. The number of rotatable bonds is 7. The van der Waals surface area contributed by atoms with Crippen LogP contribution in [0.25, 0.3) is 0 Å². The van der Waals surface area contributed by atoms with E-state index in [2.05, 4.69) is 6.92 Å². The first-order chi connectivity index (χ1) is 8.51. The van der Waals surface area contributed by atoms with E-state index in [1.54, 1.807) is 11.4 Å². The molecule has 1 rings (SSSR count). The number of nitrogens with zero attached hydrogens (tertiary/aromatic N) is 1. The standard InChI is InChI=1S/C13H26ClNO2S/c1-3-12-6-8-13(9-7-12)15(2)18(16,17)11-5-4-10-14/h12-13H,3-11H2,1-2H3. The van der Waals surface area contributed by atoms with E-state index in [0.29, 0.717) is 12.3 Å². The topological polar surface area (TPSA) is 37.4 Å². The zero-order valence-electron chi connectivity index (χ0n) is 11.6. The van der Waals surface area contributed by atoms with Gasteiger partial charge in [-0.2, -0.15) is 0 Å². The molecule has 0 aromatic heterocycles. The van der Waals surface area contributed by atoms with E-state index >= 15 is 0 Å². The number of hydrogen-bond donors (Lipinski definition) is 0. The first-order valence-corrected chi connectivity index (χ1v) is 9.17. The van der Waals surface area contributed by atoms with Crippen molar-refractivity contribution in [3.05, 3.63) is 0 Å². The fourth-order valence-electron chi connectivity index (χ4n) is 2.67. The molecule has 5 heteroatoms. The predicted molar refractivity (Wildman–Crippen MR) is 77.5 cm³/mol. The van der Waals surface area contributed by atoms with Crippen LogP contribution in [0.1, 0.15) is 51.9 Å². The fraction of sp³-hybridized carbons (Fsp3) is 1.00. The summed E-state index contributed by atoms with van der Waals surface area (Å²) >= 11 is 5.58. The monoisotopic (exact) mass is 295 g/mol. The minimum Gasteiger partial charge on any atom is -0.212 e. The molecule has 0 atom stereocenters. The van der Waals surface area contributed by atoms with Crippen molar-refractivity contribution in [3.8, 4) is 0 Å². The highest BCUT2D eigenvalue weighted by molar-refractivity contribution is 7.89. The second-order valence-corrected chi connectivity index (χ2v) is 7.84. The summed E-state index contributed by atoms with van der Waals surface area (Å²) in [6, 6.07) is 0.216. The van der Waals surface area contributed by atoms with Crippen molar-refractivity contribution in [1.82, 2.24) is 4.31 Å². The van der Waals surface area contributed by atoms with E-state index in [1.165, 1.54) is 19.3 Å². The third-order valence-corrected chi connectivity index (χ3v) is 6.38. The quantitative estimate of drug-likeness (QED) is 0.534. The Kier molecular flexibility index (Phi) is 6.96. The Morgan fingerprint density at radius 3 is 2.28 bits per heavy atom.